The number of halogens is 2. The summed E-state index contributed by atoms with van der Waals surface area (Å²) in [6, 6.07) is 8.85. The molecule has 0 aromatic heterocycles. The highest BCUT2D eigenvalue weighted by Crippen LogP contribution is 2.42. The van der Waals surface area contributed by atoms with Gasteiger partial charge in [0.1, 0.15) is 11.3 Å². The Labute approximate surface area is 143 Å². The standard InChI is InChI=1S/C16H14Cl2O3S/c1-3-21-16(20)13-12(22-2)8-11(14(18)15(13)19)9-4-6-10(17)7-5-9/h4-8,19H,3H2,1-2H3. The van der Waals surface area contributed by atoms with Crippen molar-refractivity contribution in [3.63, 3.8) is 0 Å². The molecule has 2 rings (SSSR count). The third kappa shape index (κ3) is 3.35. The zero-order chi connectivity index (χ0) is 16.3. The molecule has 0 unspecified atom stereocenters. The summed E-state index contributed by atoms with van der Waals surface area (Å²) >= 11 is 13.5. The van der Waals surface area contributed by atoms with Crippen molar-refractivity contribution in [2.45, 2.75) is 11.8 Å². The van der Waals surface area contributed by atoms with Crippen molar-refractivity contribution in [2.75, 3.05) is 12.9 Å². The molecular formula is C16H14Cl2O3S. The molecule has 0 atom stereocenters. The Morgan fingerprint density at radius 1 is 1.27 bits per heavy atom. The Morgan fingerprint density at radius 3 is 2.45 bits per heavy atom. The van der Waals surface area contributed by atoms with E-state index in [-0.39, 0.29) is 22.9 Å². The summed E-state index contributed by atoms with van der Waals surface area (Å²) in [7, 11) is 0. The lowest BCUT2D eigenvalue weighted by Crippen LogP contribution is -2.07. The van der Waals surface area contributed by atoms with Crippen molar-refractivity contribution in [2.24, 2.45) is 0 Å². The zero-order valence-corrected chi connectivity index (χ0v) is 14.4. The van der Waals surface area contributed by atoms with Gasteiger partial charge in [-0.3, -0.25) is 0 Å². The summed E-state index contributed by atoms with van der Waals surface area (Å²) < 4.78 is 4.98. The van der Waals surface area contributed by atoms with Gasteiger partial charge in [0.05, 0.1) is 11.6 Å². The third-order valence-corrected chi connectivity index (χ3v) is 4.45. The fraction of sp³-hybridized carbons (Fsp3) is 0.188. The van der Waals surface area contributed by atoms with Crippen molar-refractivity contribution in [3.05, 3.63) is 45.9 Å². The Morgan fingerprint density at radius 2 is 1.91 bits per heavy atom. The number of phenols is 1. The number of aromatic hydroxyl groups is 1. The Bertz CT molecular complexity index is 700. The third-order valence-electron chi connectivity index (χ3n) is 3.06. The topological polar surface area (TPSA) is 46.5 Å². The molecule has 0 aliphatic rings. The minimum atomic E-state index is -0.589. The van der Waals surface area contributed by atoms with E-state index < -0.39 is 5.97 Å². The number of ether oxygens (including phenoxy) is 1. The molecule has 0 fully saturated rings. The molecule has 0 saturated carbocycles. The smallest absolute Gasteiger partial charge is 0.343 e. The number of hydrogen-bond donors (Lipinski definition) is 1. The second-order valence-electron chi connectivity index (χ2n) is 4.39. The van der Waals surface area contributed by atoms with Crippen LogP contribution in [0.2, 0.25) is 10.0 Å². The number of carbonyl (C=O) groups excluding carboxylic acids is 1. The highest BCUT2D eigenvalue weighted by atomic mass is 35.5. The number of hydrogen-bond acceptors (Lipinski definition) is 4. The summed E-state index contributed by atoms with van der Waals surface area (Å²) in [5, 5.41) is 11.1. The number of esters is 1. The van der Waals surface area contributed by atoms with Gasteiger partial charge >= 0.3 is 5.97 Å². The molecule has 0 aliphatic heterocycles. The molecule has 116 valence electrons. The molecule has 3 nitrogen and oxygen atoms in total. The summed E-state index contributed by atoms with van der Waals surface area (Å²) in [5.74, 6) is -0.856. The summed E-state index contributed by atoms with van der Waals surface area (Å²) in [6.07, 6.45) is 1.82. The highest BCUT2D eigenvalue weighted by molar-refractivity contribution is 7.98. The molecule has 0 amide bonds. The van der Waals surface area contributed by atoms with E-state index in [9.17, 15) is 9.90 Å². The molecule has 6 heteroatoms. The SMILES string of the molecule is CCOC(=O)c1c(SC)cc(-c2ccc(Cl)cc2)c(Cl)c1O. The van der Waals surface area contributed by atoms with Crippen molar-refractivity contribution in [1.29, 1.82) is 0 Å². The van der Waals surface area contributed by atoms with Crippen molar-refractivity contribution < 1.29 is 14.6 Å². The molecule has 0 spiro atoms. The lowest BCUT2D eigenvalue weighted by Gasteiger charge is -2.14. The first-order valence-electron chi connectivity index (χ1n) is 6.52. The van der Waals surface area contributed by atoms with E-state index in [1.807, 2.05) is 6.26 Å². The monoisotopic (exact) mass is 356 g/mol. The number of carbonyl (C=O) groups is 1. The van der Waals surface area contributed by atoms with Crippen LogP contribution in [0.5, 0.6) is 5.75 Å². The van der Waals surface area contributed by atoms with Gasteiger partial charge in [0.2, 0.25) is 0 Å². The molecule has 0 bridgehead atoms. The zero-order valence-electron chi connectivity index (χ0n) is 12.0. The van der Waals surface area contributed by atoms with Crippen molar-refractivity contribution in [3.8, 4) is 16.9 Å². The van der Waals surface area contributed by atoms with Gasteiger partial charge in [0.15, 0.2) is 0 Å². The van der Waals surface area contributed by atoms with Crippen LogP contribution >= 0.6 is 35.0 Å². The molecule has 2 aromatic carbocycles. The Hall–Kier alpha value is -1.36. The van der Waals surface area contributed by atoms with Crippen molar-refractivity contribution >= 4 is 40.9 Å². The van der Waals surface area contributed by atoms with E-state index in [0.29, 0.717) is 15.5 Å². The molecule has 0 saturated heterocycles. The maximum atomic E-state index is 12.0. The molecule has 0 aliphatic carbocycles. The Kier molecular flexibility index (Phi) is 5.62. The average Bonchev–Trinajstić information content (AvgIpc) is 2.51. The van der Waals surface area contributed by atoms with Gasteiger partial charge in [0.25, 0.3) is 0 Å². The highest BCUT2D eigenvalue weighted by Gasteiger charge is 2.23. The van der Waals surface area contributed by atoms with Gasteiger partial charge in [-0.05, 0) is 36.9 Å². The summed E-state index contributed by atoms with van der Waals surface area (Å²) in [4.78, 5) is 12.6. The van der Waals surface area contributed by atoms with Gasteiger partial charge in [-0.2, -0.15) is 0 Å². The van der Waals surface area contributed by atoms with E-state index in [4.69, 9.17) is 27.9 Å². The minimum absolute atomic E-state index is 0.0945. The first kappa shape index (κ1) is 17.0. The van der Waals surface area contributed by atoms with Crippen LogP contribution in [0.25, 0.3) is 11.1 Å². The van der Waals surface area contributed by atoms with Crippen LogP contribution in [0, 0.1) is 0 Å². The lowest BCUT2D eigenvalue weighted by molar-refractivity contribution is 0.0519. The number of phenolic OH excluding ortho intramolecular Hbond substituents is 1. The number of thioether (sulfide) groups is 1. The van der Waals surface area contributed by atoms with Crippen LogP contribution in [-0.2, 0) is 4.74 Å². The fourth-order valence-electron chi connectivity index (χ4n) is 2.02. The van der Waals surface area contributed by atoms with E-state index in [2.05, 4.69) is 0 Å². The van der Waals surface area contributed by atoms with Crippen molar-refractivity contribution in [1.82, 2.24) is 0 Å². The molecule has 22 heavy (non-hydrogen) atoms. The molecule has 2 aromatic rings. The predicted molar refractivity (Wildman–Crippen MR) is 91.3 cm³/mol. The largest absolute Gasteiger partial charge is 0.505 e. The second kappa shape index (κ2) is 7.27. The van der Waals surface area contributed by atoms with Gasteiger partial charge in [-0.1, -0.05) is 35.3 Å². The molecule has 1 N–H and O–H groups in total. The van der Waals surface area contributed by atoms with Gasteiger partial charge in [0, 0.05) is 15.5 Å². The number of benzene rings is 2. The quantitative estimate of drug-likeness (QED) is 0.599. The van der Waals surface area contributed by atoms with Gasteiger partial charge in [-0.15, -0.1) is 11.8 Å². The second-order valence-corrected chi connectivity index (χ2v) is 6.05. The van der Waals surface area contributed by atoms with Gasteiger partial charge < -0.3 is 9.84 Å². The summed E-state index contributed by atoms with van der Waals surface area (Å²) in [6.45, 7) is 1.93. The molecule has 0 radical (unpaired) electrons. The normalized spacial score (nSPS) is 10.5. The molecular weight excluding hydrogens is 343 g/mol. The van der Waals surface area contributed by atoms with Crippen LogP contribution in [0.3, 0.4) is 0 Å². The van der Waals surface area contributed by atoms with E-state index in [1.54, 1.807) is 37.3 Å². The van der Waals surface area contributed by atoms with Crippen LogP contribution in [-0.4, -0.2) is 23.9 Å². The Balaban J connectivity index is 2.62. The van der Waals surface area contributed by atoms with Crippen LogP contribution in [0.1, 0.15) is 17.3 Å². The lowest BCUT2D eigenvalue weighted by atomic mass is 10.0. The maximum absolute atomic E-state index is 12.0. The van der Waals surface area contributed by atoms with E-state index in [0.717, 1.165) is 5.56 Å². The maximum Gasteiger partial charge on any atom is 0.343 e. The van der Waals surface area contributed by atoms with E-state index in [1.165, 1.54) is 11.8 Å². The number of rotatable bonds is 4. The van der Waals surface area contributed by atoms with E-state index >= 15 is 0 Å². The van der Waals surface area contributed by atoms with Gasteiger partial charge in [-0.25, -0.2) is 4.79 Å². The van der Waals surface area contributed by atoms with Crippen LogP contribution < -0.4 is 0 Å². The summed E-state index contributed by atoms with van der Waals surface area (Å²) in [5.41, 5.74) is 1.53. The first-order chi connectivity index (χ1) is 10.5. The first-order valence-corrected chi connectivity index (χ1v) is 8.50. The van der Waals surface area contributed by atoms with Crippen LogP contribution in [0.4, 0.5) is 0 Å². The van der Waals surface area contributed by atoms with Crippen LogP contribution in [0.15, 0.2) is 35.2 Å². The fourth-order valence-corrected chi connectivity index (χ4v) is 3.03. The average molecular weight is 357 g/mol. The molecule has 0 heterocycles. The predicted octanol–water partition coefficient (Wildman–Crippen LogP) is 5.26. The minimum Gasteiger partial charge on any atom is -0.505 e.